The van der Waals surface area contributed by atoms with Gasteiger partial charge in [0.15, 0.2) is 11.5 Å². The summed E-state index contributed by atoms with van der Waals surface area (Å²) in [5.41, 5.74) is 1.72. The van der Waals surface area contributed by atoms with E-state index in [0.717, 1.165) is 31.6 Å². The normalized spacial score (nSPS) is 20.7. The summed E-state index contributed by atoms with van der Waals surface area (Å²) in [5.74, 6) is -1.69. The van der Waals surface area contributed by atoms with Crippen molar-refractivity contribution in [3.8, 4) is 11.5 Å². The molecular formula is C28H32Cl2N2O6. The summed E-state index contributed by atoms with van der Waals surface area (Å²) in [4.78, 5) is 30.5. The lowest BCUT2D eigenvalue weighted by Gasteiger charge is -2.28. The highest BCUT2D eigenvalue weighted by atomic mass is 35.5. The van der Waals surface area contributed by atoms with E-state index in [1.807, 2.05) is 24.3 Å². The molecule has 0 bridgehead atoms. The van der Waals surface area contributed by atoms with Crippen LogP contribution in [0.1, 0.15) is 43.9 Å². The molecule has 2 aliphatic heterocycles. The van der Waals surface area contributed by atoms with Gasteiger partial charge in [-0.2, -0.15) is 0 Å². The number of likely N-dealkylation sites (tertiary alicyclic amines) is 1. The number of benzene rings is 2. The molecule has 1 N–H and O–H groups in total. The summed E-state index contributed by atoms with van der Waals surface area (Å²) in [6.07, 6.45) is 1.48. The minimum atomic E-state index is -0.839. The average Bonchev–Trinajstić information content (AvgIpc) is 3.52. The lowest BCUT2D eigenvalue weighted by atomic mass is 9.94. The van der Waals surface area contributed by atoms with E-state index in [-0.39, 0.29) is 45.3 Å². The van der Waals surface area contributed by atoms with Gasteiger partial charge in [0.25, 0.3) is 11.7 Å². The number of aliphatic hydroxyl groups is 1. The van der Waals surface area contributed by atoms with Crippen LogP contribution in [0.5, 0.6) is 11.5 Å². The van der Waals surface area contributed by atoms with E-state index in [9.17, 15) is 14.7 Å². The van der Waals surface area contributed by atoms with Gasteiger partial charge >= 0.3 is 0 Å². The number of ketones is 1. The van der Waals surface area contributed by atoms with Gasteiger partial charge in [-0.3, -0.25) is 9.59 Å². The fraction of sp³-hybridized carbons (Fsp3) is 0.429. The molecule has 0 radical (unpaired) electrons. The number of ether oxygens (including phenoxy) is 3. The molecule has 2 heterocycles. The number of methoxy groups -OCH3 is 2. The first kappa shape index (κ1) is 28.1. The van der Waals surface area contributed by atoms with Crippen molar-refractivity contribution in [2.75, 3.05) is 45.4 Å². The Bertz CT molecular complexity index is 1240. The van der Waals surface area contributed by atoms with Crippen LogP contribution in [0.25, 0.3) is 5.76 Å². The van der Waals surface area contributed by atoms with Gasteiger partial charge in [0.1, 0.15) is 10.8 Å². The van der Waals surface area contributed by atoms with Crippen LogP contribution >= 0.6 is 23.2 Å². The molecule has 204 valence electrons. The minimum absolute atomic E-state index is 0.0396. The van der Waals surface area contributed by atoms with Crippen molar-refractivity contribution < 1.29 is 28.9 Å². The van der Waals surface area contributed by atoms with Gasteiger partial charge in [-0.1, -0.05) is 35.3 Å². The van der Waals surface area contributed by atoms with Crippen molar-refractivity contribution >= 4 is 46.3 Å². The van der Waals surface area contributed by atoms with E-state index in [1.165, 1.54) is 25.2 Å². The van der Waals surface area contributed by atoms with E-state index in [2.05, 4.69) is 18.7 Å². The SMILES string of the molecule is CCN(CC)c1ccc(C2/C(=C(\O)c3cc(Cl)c(OC)c(Cl)c3OC)C(=O)C(=O)N2CC2CCCO2)cc1. The largest absolute Gasteiger partial charge is 0.507 e. The van der Waals surface area contributed by atoms with Gasteiger partial charge in [-0.25, -0.2) is 0 Å². The molecule has 2 saturated heterocycles. The van der Waals surface area contributed by atoms with E-state index in [1.54, 1.807) is 0 Å². The number of anilines is 1. The first-order chi connectivity index (χ1) is 18.3. The topological polar surface area (TPSA) is 88.5 Å². The number of Topliss-reactive ketones (excluding diaryl/α,β-unsaturated/α-hetero) is 1. The predicted molar refractivity (Wildman–Crippen MR) is 148 cm³/mol. The fourth-order valence-corrected chi connectivity index (χ4v) is 5.86. The quantitative estimate of drug-likeness (QED) is 0.246. The van der Waals surface area contributed by atoms with Gasteiger partial charge < -0.3 is 29.1 Å². The highest BCUT2D eigenvalue weighted by Crippen LogP contribution is 2.47. The van der Waals surface area contributed by atoms with Crippen LogP contribution in [0.3, 0.4) is 0 Å². The van der Waals surface area contributed by atoms with Crippen LogP contribution < -0.4 is 14.4 Å². The lowest BCUT2D eigenvalue weighted by molar-refractivity contribution is -0.140. The zero-order valence-electron chi connectivity index (χ0n) is 21.9. The lowest BCUT2D eigenvalue weighted by Crippen LogP contribution is -2.36. The molecule has 38 heavy (non-hydrogen) atoms. The molecule has 0 aromatic heterocycles. The van der Waals surface area contributed by atoms with E-state index in [0.29, 0.717) is 12.2 Å². The molecule has 8 nitrogen and oxygen atoms in total. The molecule has 0 aliphatic carbocycles. The van der Waals surface area contributed by atoms with Crippen molar-refractivity contribution in [1.82, 2.24) is 4.90 Å². The van der Waals surface area contributed by atoms with E-state index in [4.69, 9.17) is 37.4 Å². The van der Waals surface area contributed by atoms with Crippen LogP contribution in [0.4, 0.5) is 5.69 Å². The molecule has 10 heteroatoms. The zero-order chi connectivity index (χ0) is 27.6. The Hall–Kier alpha value is -2.94. The molecule has 2 unspecified atom stereocenters. The Morgan fingerprint density at radius 1 is 1.11 bits per heavy atom. The number of hydrogen-bond donors (Lipinski definition) is 1. The molecule has 4 rings (SSSR count). The number of carbonyl (C=O) groups is 2. The summed E-state index contributed by atoms with van der Waals surface area (Å²) >= 11 is 12.8. The number of rotatable bonds is 9. The van der Waals surface area contributed by atoms with Crippen molar-refractivity contribution in [3.05, 3.63) is 57.1 Å². The number of hydrogen-bond acceptors (Lipinski definition) is 7. The second-order valence-corrected chi connectivity index (χ2v) is 9.92. The Labute approximate surface area is 232 Å². The Kier molecular flexibility index (Phi) is 8.75. The highest BCUT2D eigenvalue weighted by molar-refractivity contribution is 6.47. The molecular weight excluding hydrogens is 531 g/mol. The summed E-state index contributed by atoms with van der Waals surface area (Å²) in [6, 6.07) is 8.24. The molecule has 0 spiro atoms. The maximum atomic E-state index is 13.5. The second-order valence-electron chi connectivity index (χ2n) is 9.14. The molecule has 1 amide bonds. The number of aliphatic hydroxyl groups excluding tert-OH is 1. The number of amides is 1. The van der Waals surface area contributed by atoms with Crippen LogP contribution in [-0.2, 0) is 14.3 Å². The Balaban J connectivity index is 1.88. The maximum absolute atomic E-state index is 13.5. The van der Waals surface area contributed by atoms with Crippen molar-refractivity contribution in [1.29, 1.82) is 0 Å². The fourth-order valence-electron chi connectivity index (χ4n) is 5.17. The summed E-state index contributed by atoms with van der Waals surface area (Å²) < 4.78 is 16.5. The summed E-state index contributed by atoms with van der Waals surface area (Å²) in [5, 5.41) is 11.7. The van der Waals surface area contributed by atoms with Crippen LogP contribution in [-0.4, -0.2) is 68.3 Å². The van der Waals surface area contributed by atoms with Crippen LogP contribution in [0.15, 0.2) is 35.9 Å². The highest BCUT2D eigenvalue weighted by Gasteiger charge is 2.47. The maximum Gasteiger partial charge on any atom is 0.295 e. The summed E-state index contributed by atoms with van der Waals surface area (Å²) in [6.45, 7) is 6.67. The zero-order valence-corrected chi connectivity index (χ0v) is 23.4. The number of carbonyl (C=O) groups excluding carboxylic acids is 2. The first-order valence-electron chi connectivity index (χ1n) is 12.6. The molecule has 0 saturated carbocycles. The van der Waals surface area contributed by atoms with Gasteiger partial charge in [-0.05, 0) is 50.5 Å². The van der Waals surface area contributed by atoms with Gasteiger partial charge in [0.05, 0.1) is 42.5 Å². The number of nitrogens with zero attached hydrogens (tertiary/aromatic N) is 2. The third kappa shape index (κ3) is 5.05. The van der Waals surface area contributed by atoms with Crippen molar-refractivity contribution in [2.45, 2.75) is 38.8 Å². The van der Waals surface area contributed by atoms with Gasteiger partial charge in [-0.15, -0.1) is 0 Å². The minimum Gasteiger partial charge on any atom is -0.507 e. The van der Waals surface area contributed by atoms with Gasteiger partial charge in [0, 0.05) is 31.9 Å². The Morgan fingerprint density at radius 2 is 1.76 bits per heavy atom. The van der Waals surface area contributed by atoms with Crippen molar-refractivity contribution in [3.63, 3.8) is 0 Å². The number of halogens is 2. The van der Waals surface area contributed by atoms with Crippen molar-refractivity contribution in [2.24, 2.45) is 0 Å². The van der Waals surface area contributed by atoms with Crippen LogP contribution in [0.2, 0.25) is 10.0 Å². The first-order valence-corrected chi connectivity index (χ1v) is 13.4. The molecule has 2 aromatic rings. The average molecular weight is 563 g/mol. The van der Waals surface area contributed by atoms with Crippen LogP contribution in [0, 0.1) is 0 Å². The molecule has 2 fully saturated rings. The van der Waals surface area contributed by atoms with E-state index >= 15 is 0 Å². The van der Waals surface area contributed by atoms with Gasteiger partial charge in [0.2, 0.25) is 0 Å². The standard InChI is InChI=1S/C28H32Cl2N2O6/c1-5-31(6-2)17-11-9-16(10-12-17)23-21(25(34)28(35)32(23)15-18-8-7-13-38-18)24(33)19-14-20(29)27(37-4)22(30)26(19)36-3/h9-12,14,18,23,33H,5-8,13,15H2,1-4H3/b24-21+. The monoisotopic (exact) mass is 562 g/mol. The molecule has 2 aliphatic rings. The second kappa shape index (κ2) is 11.8. The Morgan fingerprint density at radius 3 is 2.32 bits per heavy atom. The third-order valence-electron chi connectivity index (χ3n) is 7.10. The molecule has 2 atom stereocenters. The molecule has 2 aromatic carbocycles. The third-order valence-corrected chi connectivity index (χ3v) is 7.72. The summed E-state index contributed by atoms with van der Waals surface area (Å²) in [7, 11) is 2.79. The predicted octanol–water partition coefficient (Wildman–Crippen LogP) is 5.46. The smallest absolute Gasteiger partial charge is 0.295 e. The van der Waals surface area contributed by atoms with E-state index < -0.39 is 23.5 Å².